The molecule has 3 atom stereocenters. The van der Waals surface area contributed by atoms with Gasteiger partial charge in [0.1, 0.15) is 12.0 Å². The molecule has 39 heavy (non-hydrogen) atoms. The Morgan fingerprint density at radius 1 is 0.872 bits per heavy atom. The van der Waals surface area contributed by atoms with Crippen LogP contribution in [-0.4, -0.2) is 44.9 Å². The van der Waals surface area contributed by atoms with Gasteiger partial charge in [-0.2, -0.15) is 0 Å². The number of carbonyl (C=O) groups is 2. The topological polar surface area (TPSA) is 83.4 Å². The zero-order valence-corrected chi connectivity index (χ0v) is 23.2. The molecule has 206 valence electrons. The Labute approximate surface area is 230 Å². The molecule has 0 aromatic heterocycles. The summed E-state index contributed by atoms with van der Waals surface area (Å²) in [5, 5.41) is 0. The Bertz CT molecular complexity index is 1270. The molecule has 1 fully saturated rings. The molecular formula is C32H37NO6. The molecular weight excluding hydrogens is 494 g/mol. The van der Waals surface area contributed by atoms with Crippen LogP contribution in [0.4, 0.5) is 0 Å². The van der Waals surface area contributed by atoms with E-state index in [1.165, 1.54) is 6.42 Å². The summed E-state index contributed by atoms with van der Waals surface area (Å²) >= 11 is 0. The summed E-state index contributed by atoms with van der Waals surface area (Å²) in [6.45, 7) is 1.87. The van der Waals surface area contributed by atoms with E-state index in [0.29, 0.717) is 41.4 Å². The molecule has 0 N–H and O–H groups in total. The molecule has 5 rings (SSSR count). The zero-order chi connectivity index (χ0) is 27.5. The highest BCUT2D eigenvalue weighted by Crippen LogP contribution is 2.50. The van der Waals surface area contributed by atoms with E-state index in [1.54, 1.807) is 21.3 Å². The number of Topliss-reactive ketones (excluding diaryl/α,β-unsaturated/α-hetero) is 1. The third-order valence-electron chi connectivity index (χ3n) is 8.29. The Kier molecular flexibility index (Phi) is 8.05. The molecule has 2 aliphatic carbocycles. The minimum Gasteiger partial charge on any atom is -0.493 e. The van der Waals surface area contributed by atoms with Gasteiger partial charge >= 0.3 is 5.97 Å². The van der Waals surface area contributed by atoms with Gasteiger partial charge < -0.3 is 18.9 Å². The minimum absolute atomic E-state index is 0.00979. The number of carbonyl (C=O) groups excluding carboxylic acids is 2. The van der Waals surface area contributed by atoms with Crippen LogP contribution in [0.3, 0.4) is 0 Å². The number of hydrogen-bond donors (Lipinski definition) is 0. The molecule has 0 amide bonds. The molecule has 2 aromatic rings. The normalized spacial score (nSPS) is 23.5. The van der Waals surface area contributed by atoms with Crippen LogP contribution >= 0.6 is 0 Å². The lowest BCUT2D eigenvalue weighted by Gasteiger charge is -2.37. The molecule has 7 nitrogen and oxygen atoms in total. The smallest absolute Gasteiger partial charge is 0.315 e. The number of hydrogen-bond acceptors (Lipinski definition) is 7. The highest BCUT2D eigenvalue weighted by Gasteiger charge is 2.45. The lowest BCUT2D eigenvalue weighted by molar-refractivity contribution is -0.153. The van der Waals surface area contributed by atoms with Crippen molar-refractivity contribution < 1.29 is 28.5 Å². The van der Waals surface area contributed by atoms with Crippen LogP contribution in [0.25, 0.3) is 0 Å². The first-order chi connectivity index (χ1) is 18.9. The summed E-state index contributed by atoms with van der Waals surface area (Å²) in [6.07, 6.45) is 5.92. The molecule has 0 radical (unpaired) electrons. The Morgan fingerprint density at radius 2 is 1.54 bits per heavy atom. The van der Waals surface area contributed by atoms with Gasteiger partial charge in [0.2, 0.25) is 5.75 Å². The van der Waals surface area contributed by atoms with E-state index < -0.39 is 11.8 Å². The summed E-state index contributed by atoms with van der Waals surface area (Å²) in [5.74, 6) is -0.155. The third kappa shape index (κ3) is 5.32. The third-order valence-corrected chi connectivity index (χ3v) is 8.29. The standard InChI is InChI=1S/C32H37NO6/c1-19-28(32(35)39-23-13-9-6-10-14-23)29(22-17-26(36-2)31(38-4)27(18-22)37-3)30-24(33-19)15-21(16-25(30)34)20-11-7-5-8-12-20/h5,7-8,11-12,17-18,21,23,28-29H,6,9-10,13-16H2,1-4H3/t21-,28?,29+/m0/s1. The number of rotatable bonds is 7. The molecule has 0 bridgehead atoms. The first-order valence-corrected chi connectivity index (χ1v) is 13.8. The molecule has 0 saturated heterocycles. The van der Waals surface area contributed by atoms with Crippen LogP contribution < -0.4 is 14.2 Å². The molecule has 2 aromatic carbocycles. The van der Waals surface area contributed by atoms with E-state index in [0.717, 1.165) is 42.5 Å². The van der Waals surface area contributed by atoms with Crippen LogP contribution in [0.15, 0.2) is 58.7 Å². The van der Waals surface area contributed by atoms with Gasteiger partial charge in [-0.25, -0.2) is 0 Å². The predicted molar refractivity (Wildman–Crippen MR) is 149 cm³/mol. The maximum atomic E-state index is 13.9. The van der Waals surface area contributed by atoms with Crippen molar-refractivity contribution in [1.29, 1.82) is 0 Å². The summed E-state index contributed by atoms with van der Waals surface area (Å²) in [7, 11) is 4.67. The van der Waals surface area contributed by atoms with Crippen molar-refractivity contribution in [2.75, 3.05) is 21.3 Å². The van der Waals surface area contributed by atoms with Crippen molar-refractivity contribution in [2.45, 2.75) is 69.8 Å². The lowest BCUT2D eigenvalue weighted by atomic mass is 9.69. The molecule has 1 aliphatic heterocycles. The van der Waals surface area contributed by atoms with Crippen LogP contribution in [0, 0.1) is 5.92 Å². The van der Waals surface area contributed by atoms with E-state index in [-0.39, 0.29) is 23.8 Å². The summed E-state index contributed by atoms with van der Waals surface area (Å²) < 4.78 is 22.9. The van der Waals surface area contributed by atoms with Crippen molar-refractivity contribution in [2.24, 2.45) is 10.9 Å². The summed E-state index contributed by atoms with van der Waals surface area (Å²) in [4.78, 5) is 32.7. The van der Waals surface area contributed by atoms with Gasteiger partial charge in [-0.1, -0.05) is 36.8 Å². The molecule has 7 heteroatoms. The van der Waals surface area contributed by atoms with Gasteiger partial charge in [0.05, 0.1) is 21.3 Å². The quantitative estimate of drug-likeness (QED) is 0.398. The maximum absolute atomic E-state index is 13.9. The number of methoxy groups -OCH3 is 3. The summed E-state index contributed by atoms with van der Waals surface area (Å²) in [5.41, 5.74) is 3.86. The second kappa shape index (κ2) is 11.6. The fourth-order valence-electron chi connectivity index (χ4n) is 6.39. The highest BCUT2D eigenvalue weighted by atomic mass is 16.5. The zero-order valence-electron chi connectivity index (χ0n) is 23.2. The molecule has 1 saturated carbocycles. The first kappa shape index (κ1) is 27.0. The van der Waals surface area contributed by atoms with E-state index in [4.69, 9.17) is 23.9 Å². The number of aliphatic imine (C=N–C) groups is 1. The van der Waals surface area contributed by atoms with E-state index in [2.05, 4.69) is 12.1 Å². The fourth-order valence-corrected chi connectivity index (χ4v) is 6.39. The molecule has 3 aliphatic rings. The van der Waals surface area contributed by atoms with Gasteiger partial charge in [-0.15, -0.1) is 0 Å². The number of nitrogens with zero attached hydrogens (tertiary/aromatic N) is 1. The van der Waals surface area contributed by atoms with Gasteiger partial charge in [0, 0.05) is 29.3 Å². The van der Waals surface area contributed by atoms with Gasteiger partial charge in [0.25, 0.3) is 0 Å². The van der Waals surface area contributed by atoms with Gasteiger partial charge in [0.15, 0.2) is 17.3 Å². The highest BCUT2D eigenvalue weighted by molar-refractivity contribution is 6.09. The van der Waals surface area contributed by atoms with Crippen molar-refractivity contribution in [1.82, 2.24) is 0 Å². The van der Waals surface area contributed by atoms with Crippen LogP contribution in [0.2, 0.25) is 0 Å². The first-order valence-electron chi connectivity index (χ1n) is 13.8. The van der Waals surface area contributed by atoms with Crippen molar-refractivity contribution in [3.05, 3.63) is 64.9 Å². The van der Waals surface area contributed by atoms with E-state index in [1.807, 2.05) is 37.3 Å². The van der Waals surface area contributed by atoms with E-state index in [9.17, 15) is 9.59 Å². The predicted octanol–water partition coefficient (Wildman–Crippen LogP) is 6.16. The molecule has 1 heterocycles. The number of ether oxygens (including phenoxy) is 4. The average molecular weight is 532 g/mol. The minimum atomic E-state index is -0.717. The Morgan fingerprint density at radius 3 is 2.15 bits per heavy atom. The molecule has 1 unspecified atom stereocenters. The van der Waals surface area contributed by atoms with Crippen LogP contribution in [0.1, 0.15) is 74.8 Å². The van der Waals surface area contributed by atoms with E-state index >= 15 is 0 Å². The number of benzene rings is 2. The number of ketones is 1. The Hall–Kier alpha value is -3.61. The second-order valence-electron chi connectivity index (χ2n) is 10.7. The average Bonchev–Trinajstić information content (AvgIpc) is 2.96. The monoisotopic (exact) mass is 531 g/mol. The number of esters is 1. The maximum Gasteiger partial charge on any atom is 0.315 e. The van der Waals surface area contributed by atoms with Crippen molar-refractivity contribution in [3.8, 4) is 17.2 Å². The van der Waals surface area contributed by atoms with Gasteiger partial charge in [-0.05, 0) is 68.2 Å². The summed E-state index contributed by atoms with van der Waals surface area (Å²) in [6, 6.07) is 13.8. The van der Waals surface area contributed by atoms with Crippen molar-refractivity contribution >= 4 is 17.5 Å². The number of allylic oxidation sites excluding steroid dienone is 2. The fraction of sp³-hybridized carbons (Fsp3) is 0.469. The largest absolute Gasteiger partial charge is 0.493 e. The van der Waals surface area contributed by atoms with Crippen LogP contribution in [-0.2, 0) is 14.3 Å². The van der Waals surface area contributed by atoms with Crippen molar-refractivity contribution in [3.63, 3.8) is 0 Å². The Balaban J connectivity index is 1.60. The van der Waals surface area contributed by atoms with Crippen LogP contribution in [0.5, 0.6) is 17.2 Å². The molecule has 0 spiro atoms. The van der Waals surface area contributed by atoms with Gasteiger partial charge in [-0.3, -0.25) is 14.6 Å². The SMILES string of the molecule is COc1cc([C@H]2C3=C(C[C@H](c4ccccc4)CC3=O)N=C(C)C2C(=O)OC2CCCCC2)cc(OC)c1OC. The lowest BCUT2D eigenvalue weighted by Crippen LogP contribution is -2.39. The second-order valence-corrected chi connectivity index (χ2v) is 10.7.